The lowest BCUT2D eigenvalue weighted by molar-refractivity contribution is -0.115. The zero-order chi connectivity index (χ0) is 12.8. The van der Waals surface area contributed by atoms with Crippen LogP contribution in [0.3, 0.4) is 0 Å². The van der Waals surface area contributed by atoms with Crippen LogP contribution >= 0.6 is 11.6 Å². The molecule has 0 bridgehead atoms. The van der Waals surface area contributed by atoms with E-state index in [4.69, 9.17) is 11.6 Å². The van der Waals surface area contributed by atoms with Crippen molar-refractivity contribution in [2.45, 2.75) is 38.1 Å². The lowest BCUT2D eigenvalue weighted by atomic mass is 9.95. The fourth-order valence-electron chi connectivity index (χ4n) is 2.32. The molecule has 1 aliphatic rings. The number of hydrogen-bond acceptors (Lipinski definition) is 2. The van der Waals surface area contributed by atoms with Gasteiger partial charge in [-0.1, -0.05) is 36.9 Å². The van der Waals surface area contributed by atoms with E-state index in [0.29, 0.717) is 17.6 Å². The first-order chi connectivity index (χ1) is 8.74. The van der Waals surface area contributed by atoms with Crippen molar-refractivity contribution in [3.05, 3.63) is 29.3 Å². The molecule has 2 rings (SSSR count). The van der Waals surface area contributed by atoms with Crippen LogP contribution in [0.5, 0.6) is 0 Å². The Morgan fingerprint density at radius 1 is 1.28 bits per heavy atom. The van der Waals surface area contributed by atoms with E-state index in [9.17, 15) is 4.79 Å². The smallest absolute Gasteiger partial charge is 0.238 e. The number of carbonyl (C=O) groups is 1. The molecule has 0 unspecified atom stereocenters. The van der Waals surface area contributed by atoms with E-state index in [1.54, 1.807) is 12.1 Å². The van der Waals surface area contributed by atoms with Crippen LogP contribution in [0.2, 0.25) is 5.02 Å². The molecule has 0 spiro atoms. The summed E-state index contributed by atoms with van der Waals surface area (Å²) in [6.07, 6.45) is 6.24. The summed E-state index contributed by atoms with van der Waals surface area (Å²) in [6.45, 7) is 0.372. The molecule has 18 heavy (non-hydrogen) atoms. The Morgan fingerprint density at radius 3 is 2.78 bits per heavy atom. The average molecular weight is 267 g/mol. The van der Waals surface area contributed by atoms with Gasteiger partial charge in [-0.2, -0.15) is 0 Å². The van der Waals surface area contributed by atoms with Crippen LogP contribution in [0, 0.1) is 0 Å². The Hall–Kier alpha value is -1.06. The summed E-state index contributed by atoms with van der Waals surface area (Å²) in [5.41, 5.74) is 0.748. The number of anilines is 1. The summed E-state index contributed by atoms with van der Waals surface area (Å²) in [7, 11) is 0. The molecule has 3 nitrogen and oxygen atoms in total. The van der Waals surface area contributed by atoms with Gasteiger partial charge in [0.15, 0.2) is 0 Å². The van der Waals surface area contributed by atoms with E-state index in [-0.39, 0.29) is 5.91 Å². The number of amides is 1. The second kappa shape index (κ2) is 6.76. The molecule has 0 heterocycles. The Kier molecular flexibility index (Phi) is 5.02. The van der Waals surface area contributed by atoms with Gasteiger partial charge in [-0.05, 0) is 31.0 Å². The monoisotopic (exact) mass is 266 g/mol. The highest BCUT2D eigenvalue weighted by atomic mass is 35.5. The van der Waals surface area contributed by atoms with Gasteiger partial charge in [0, 0.05) is 16.8 Å². The van der Waals surface area contributed by atoms with Gasteiger partial charge in [0.25, 0.3) is 0 Å². The van der Waals surface area contributed by atoms with Crippen molar-refractivity contribution in [1.29, 1.82) is 0 Å². The molecule has 1 amide bonds. The molecule has 98 valence electrons. The third-order valence-electron chi connectivity index (χ3n) is 3.26. The molecule has 4 heteroatoms. The molecule has 0 aliphatic heterocycles. The predicted octanol–water partition coefficient (Wildman–Crippen LogP) is 3.20. The average Bonchev–Trinajstić information content (AvgIpc) is 2.38. The van der Waals surface area contributed by atoms with Crippen LogP contribution < -0.4 is 10.6 Å². The largest absolute Gasteiger partial charge is 0.325 e. The highest BCUT2D eigenvalue weighted by molar-refractivity contribution is 6.30. The minimum Gasteiger partial charge on any atom is -0.325 e. The number of carbonyl (C=O) groups excluding carboxylic acids is 1. The second-order valence-corrected chi connectivity index (χ2v) is 5.21. The topological polar surface area (TPSA) is 41.1 Å². The predicted molar refractivity (Wildman–Crippen MR) is 75.0 cm³/mol. The second-order valence-electron chi connectivity index (χ2n) is 4.77. The first-order valence-electron chi connectivity index (χ1n) is 6.53. The maximum absolute atomic E-state index is 11.7. The van der Waals surface area contributed by atoms with Crippen LogP contribution in [-0.2, 0) is 4.79 Å². The van der Waals surface area contributed by atoms with Gasteiger partial charge >= 0.3 is 0 Å². The highest BCUT2D eigenvalue weighted by Crippen LogP contribution is 2.17. The molecular formula is C14H19ClN2O. The van der Waals surface area contributed by atoms with Crippen LogP contribution in [0.25, 0.3) is 0 Å². The number of hydrogen-bond donors (Lipinski definition) is 2. The molecule has 0 atom stereocenters. The fraction of sp³-hybridized carbons (Fsp3) is 0.500. The minimum absolute atomic E-state index is 0.0113. The van der Waals surface area contributed by atoms with Gasteiger partial charge in [0.05, 0.1) is 6.54 Å². The van der Waals surface area contributed by atoms with E-state index in [0.717, 1.165) is 5.69 Å². The van der Waals surface area contributed by atoms with E-state index in [1.165, 1.54) is 32.1 Å². The molecule has 1 fully saturated rings. The van der Waals surface area contributed by atoms with Crippen LogP contribution in [-0.4, -0.2) is 18.5 Å². The SMILES string of the molecule is O=C(CNC1CCCCC1)Nc1cccc(Cl)c1. The van der Waals surface area contributed by atoms with Crippen LogP contribution in [0.4, 0.5) is 5.69 Å². The molecule has 2 N–H and O–H groups in total. The van der Waals surface area contributed by atoms with Crippen molar-refractivity contribution in [2.24, 2.45) is 0 Å². The van der Waals surface area contributed by atoms with Crippen molar-refractivity contribution in [3.8, 4) is 0 Å². The molecule has 1 saturated carbocycles. The van der Waals surface area contributed by atoms with E-state index < -0.39 is 0 Å². The molecular weight excluding hydrogens is 248 g/mol. The minimum atomic E-state index is -0.0113. The third kappa shape index (κ3) is 4.31. The van der Waals surface area contributed by atoms with Crippen molar-refractivity contribution in [1.82, 2.24) is 5.32 Å². The Morgan fingerprint density at radius 2 is 2.06 bits per heavy atom. The first kappa shape index (κ1) is 13.4. The number of rotatable bonds is 4. The van der Waals surface area contributed by atoms with Crippen LogP contribution in [0.1, 0.15) is 32.1 Å². The zero-order valence-corrected chi connectivity index (χ0v) is 11.2. The van der Waals surface area contributed by atoms with Crippen molar-refractivity contribution in [2.75, 3.05) is 11.9 Å². The van der Waals surface area contributed by atoms with Crippen LogP contribution in [0.15, 0.2) is 24.3 Å². The Balaban J connectivity index is 1.74. The van der Waals surface area contributed by atoms with Crippen molar-refractivity contribution < 1.29 is 4.79 Å². The maximum atomic E-state index is 11.7. The van der Waals surface area contributed by atoms with Gasteiger partial charge in [-0.3, -0.25) is 4.79 Å². The van der Waals surface area contributed by atoms with Gasteiger partial charge in [0.1, 0.15) is 0 Å². The van der Waals surface area contributed by atoms with E-state index >= 15 is 0 Å². The van der Waals surface area contributed by atoms with Gasteiger partial charge in [-0.15, -0.1) is 0 Å². The summed E-state index contributed by atoms with van der Waals surface area (Å²) in [4.78, 5) is 11.7. The highest BCUT2D eigenvalue weighted by Gasteiger charge is 2.13. The molecule has 0 aromatic heterocycles. The standard InChI is InChI=1S/C14H19ClN2O/c15-11-5-4-8-13(9-11)17-14(18)10-16-12-6-2-1-3-7-12/h4-5,8-9,12,16H,1-3,6-7,10H2,(H,17,18). The maximum Gasteiger partial charge on any atom is 0.238 e. The molecule has 1 aromatic rings. The number of nitrogens with one attached hydrogen (secondary N) is 2. The molecule has 0 radical (unpaired) electrons. The molecule has 1 aliphatic carbocycles. The summed E-state index contributed by atoms with van der Waals surface area (Å²) < 4.78 is 0. The van der Waals surface area contributed by atoms with Gasteiger partial charge in [-0.25, -0.2) is 0 Å². The van der Waals surface area contributed by atoms with E-state index in [2.05, 4.69) is 10.6 Å². The zero-order valence-electron chi connectivity index (χ0n) is 10.4. The normalized spacial score (nSPS) is 16.5. The summed E-state index contributed by atoms with van der Waals surface area (Å²) in [5, 5.41) is 6.78. The Bertz CT molecular complexity index is 403. The molecule has 1 aromatic carbocycles. The van der Waals surface area contributed by atoms with Gasteiger partial charge in [0.2, 0.25) is 5.91 Å². The number of halogens is 1. The van der Waals surface area contributed by atoms with Gasteiger partial charge < -0.3 is 10.6 Å². The lowest BCUT2D eigenvalue weighted by Crippen LogP contribution is -2.37. The summed E-state index contributed by atoms with van der Waals surface area (Å²) in [6, 6.07) is 7.71. The Labute approximate surface area is 113 Å². The van der Waals surface area contributed by atoms with Crippen molar-refractivity contribution >= 4 is 23.2 Å². The van der Waals surface area contributed by atoms with E-state index in [1.807, 2.05) is 12.1 Å². The first-order valence-corrected chi connectivity index (χ1v) is 6.90. The quantitative estimate of drug-likeness (QED) is 0.879. The lowest BCUT2D eigenvalue weighted by Gasteiger charge is -2.22. The third-order valence-corrected chi connectivity index (χ3v) is 3.50. The van der Waals surface area contributed by atoms with Crippen molar-refractivity contribution in [3.63, 3.8) is 0 Å². The summed E-state index contributed by atoms with van der Waals surface area (Å²) >= 11 is 5.86. The number of benzene rings is 1. The summed E-state index contributed by atoms with van der Waals surface area (Å²) in [5.74, 6) is -0.0113. The molecule has 0 saturated heterocycles. The fourth-order valence-corrected chi connectivity index (χ4v) is 2.51.